The Hall–Kier alpha value is -0.810. The summed E-state index contributed by atoms with van der Waals surface area (Å²) in [7, 11) is 0. The number of unbranched alkanes of at least 4 members (excludes halogenated alkanes) is 2. The van der Waals surface area contributed by atoms with Crippen molar-refractivity contribution in [2.45, 2.75) is 32.6 Å². The lowest BCUT2D eigenvalue weighted by atomic mass is 10.3. The smallest absolute Gasteiger partial charge is 0.0663 e. The standard InChI is InChI=1S/C10H17NO/c1-2-3-6-9-12-10-7-4-5-8-11/h4,7H,2-3,5-6,9-10H2,1H3. The van der Waals surface area contributed by atoms with Gasteiger partial charge < -0.3 is 4.74 Å². The van der Waals surface area contributed by atoms with Crippen molar-refractivity contribution in [2.24, 2.45) is 0 Å². The van der Waals surface area contributed by atoms with Crippen LogP contribution < -0.4 is 0 Å². The van der Waals surface area contributed by atoms with Gasteiger partial charge in [0.15, 0.2) is 0 Å². The minimum Gasteiger partial charge on any atom is -0.377 e. The minimum atomic E-state index is 0.484. The zero-order valence-corrected chi connectivity index (χ0v) is 7.75. The summed E-state index contributed by atoms with van der Waals surface area (Å²) in [5, 5.41) is 8.20. The Labute approximate surface area is 74.8 Å². The highest BCUT2D eigenvalue weighted by Gasteiger charge is 1.84. The van der Waals surface area contributed by atoms with E-state index in [9.17, 15) is 0 Å². The van der Waals surface area contributed by atoms with Crippen molar-refractivity contribution in [3.63, 3.8) is 0 Å². The lowest BCUT2D eigenvalue weighted by Crippen LogP contribution is -1.93. The van der Waals surface area contributed by atoms with Gasteiger partial charge in [-0.1, -0.05) is 31.9 Å². The van der Waals surface area contributed by atoms with Gasteiger partial charge in [-0.2, -0.15) is 5.26 Å². The topological polar surface area (TPSA) is 33.0 Å². The summed E-state index contributed by atoms with van der Waals surface area (Å²) in [4.78, 5) is 0. The third-order valence-corrected chi connectivity index (χ3v) is 1.48. The number of ether oxygens (including phenoxy) is 1. The third-order valence-electron chi connectivity index (χ3n) is 1.48. The molecule has 0 aromatic rings. The second-order valence-electron chi connectivity index (χ2n) is 2.62. The van der Waals surface area contributed by atoms with E-state index in [0.29, 0.717) is 13.0 Å². The van der Waals surface area contributed by atoms with Crippen molar-refractivity contribution >= 4 is 0 Å². The first-order valence-electron chi connectivity index (χ1n) is 4.51. The molecular weight excluding hydrogens is 150 g/mol. The summed E-state index contributed by atoms with van der Waals surface area (Å²) in [6, 6.07) is 2.04. The average molecular weight is 167 g/mol. The Balaban J connectivity index is 2.96. The molecular formula is C10H17NO. The maximum atomic E-state index is 8.20. The molecule has 0 fully saturated rings. The molecule has 0 aliphatic carbocycles. The van der Waals surface area contributed by atoms with Crippen molar-refractivity contribution in [2.75, 3.05) is 13.2 Å². The first kappa shape index (κ1) is 11.2. The fraction of sp³-hybridized carbons (Fsp3) is 0.700. The summed E-state index contributed by atoms with van der Waals surface area (Å²) in [5.74, 6) is 0. The molecule has 0 rings (SSSR count). The predicted octanol–water partition coefficient (Wildman–Crippen LogP) is 2.66. The van der Waals surface area contributed by atoms with Gasteiger partial charge in [0.1, 0.15) is 0 Å². The molecule has 0 bridgehead atoms. The number of hydrogen-bond donors (Lipinski definition) is 0. The Kier molecular flexibility index (Phi) is 9.50. The SMILES string of the molecule is CCCCCOCC=CCC#N. The Morgan fingerprint density at radius 3 is 2.83 bits per heavy atom. The number of nitrogens with zero attached hydrogens (tertiary/aromatic N) is 1. The quantitative estimate of drug-likeness (QED) is 0.431. The summed E-state index contributed by atoms with van der Waals surface area (Å²) in [6.45, 7) is 3.66. The lowest BCUT2D eigenvalue weighted by Gasteiger charge is -1.98. The van der Waals surface area contributed by atoms with Gasteiger partial charge in [-0.25, -0.2) is 0 Å². The van der Waals surface area contributed by atoms with Crippen molar-refractivity contribution < 1.29 is 4.74 Å². The summed E-state index contributed by atoms with van der Waals surface area (Å²) in [6.07, 6.45) is 7.82. The maximum absolute atomic E-state index is 8.20. The molecule has 2 nitrogen and oxygen atoms in total. The molecule has 0 aliphatic rings. The van der Waals surface area contributed by atoms with Crippen LogP contribution in [0.2, 0.25) is 0 Å². The molecule has 0 spiro atoms. The molecule has 0 radical (unpaired) electrons. The van der Waals surface area contributed by atoms with Crippen LogP contribution in [0.3, 0.4) is 0 Å². The summed E-state index contributed by atoms with van der Waals surface area (Å²) in [5.41, 5.74) is 0. The first-order valence-corrected chi connectivity index (χ1v) is 4.51. The van der Waals surface area contributed by atoms with Crippen molar-refractivity contribution in [3.05, 3.63) is 12.2 Å². The number of nitriles is 1. The van der Waals surface area contributed by atoms with E-state index in [0.717, 1.165) is 13.0 Å². The van der Waals surface area contributed by atoms with E-state index in [2.05, 4.69) is 6.92 Å². The van der Waals surface area contributed by atoms with E-state index >= 15 is 0 Å². The van der Waals surface area contributed by atoms with Crippen LogP contribution >= 0.6 is 0 Å². The lowest BCUT2D eigenvalue weighted by molar-refractivity contribution is 0.157. The third kappa shape index (κ3) is 9.19. The van der Waals surface area contributed by atoms with Crippen molar-refractivity contribution in [1.29, 1.82) is 5.26 Å². The monoisotopic (exact) mass is 167 g/mol. The molecule has 12 heavy (non-hydrogen) atoms. The van der Waals surface area contributed by atoms with Crippen LogP contribution in [-0.2, 0) is 4.74 Å². The minimum absolute atomic E-state index is 0.484. The largest absolute Gasteiger partial charge is 0.377 e. The van der Waals surface area contributed by atoms with Crippen LogP contribution in [0.15, 0.2) is 12.2 Å². The van der Waals surface area contributed by atoms with Gasteiger partial charge in [0.25, 0.3) is 0 Å². The van der Waals surface area contributed by atoms with Gasteiger partial charge in [0.2, 0.25) is 0 Å². The fourth-order valence-electron chi connectivity index (χ4n) is 0.810. The molecule has 0 aromatic heterocycles. The molecule has 0 unspecified atom stereocenters. The molecule has 2 heteroatoms. The summed E-state index contributed by atoms with van der Waals surface area (Å²) >= 11 is 0. The van der Waals surface area contributed by atoms with Crippen LogP contribution in [0.1, 0.15) is 32.6 Å². The van der Waals surface area contributed by atoms with Gasteiger partial charge in [0, 0.05) is 6.61 Å². The van der Waals surface area contributed by atoms with Gasteiger partial charge in [-0.3, -0.25) is 0 Å². The van der Waals surface area contributed by atoms with Crippen LogP contribution in [0.5, 0.6) is 0 Å². The first-order chi connectivity index (χ1) is 5.91. The fourth-order valence-corrected chi connectivity index (χ4v) is 0.810. The second-order valence-corrected chi connectivity index (χ2v) is 2.62. The van der Waals surface area contributed by atoms with Crippen LogP contribution in [0.4, 0.5) is 0 Å². The van der Waals surface area contributed by atoms with Gasteiger partial charge in [0.05, 0.1) is 19.1 Å². The molecule has 0 saturated carbocycles. The molecule has 0 aromatic carbocycles. The molecule has 68 valence electrons. The molecule has 0 amide bonds. The zero-order chi connectivity index (χ0) is 9.07. The average Bonchev–Trinajstić information content (AvgIpc) is 2.10. The highest BCUT2D eigenvalue weighted by Crippen LogP contribution is 1.93. The van der Waals surface area contributed by atoms with E-state index in [1.165, 1.54) is 12.8 Å². The number of rotatable bonds is 7. The number of hydrogen-bond acceptors (Lipinski definition) is 2. The molecule has 0 saturated heterocycles. The van der Waals surface area contributed by atoms with Crippen LogP contribution in [0, 0.1) is 11.3 Å². The Bertz CT molecular complexity index is 146. The van der Waals surface area contributed by atoms with E-state index in [1.54, 1.807) is 0 Å². The predicted molar refractivity (Wildman–Crippen MR) is 49.7 cm³/mol. The molecule has 0 atom stereocenters. The zero-order valence-electron chi connectivity index (χ0n) is 7.75. The molecule has 0 N–H and O–H groups in total. The maximum Gasteiger partial charge on any atom is 0.0663 e. The normalized spacial score (nSPS) is 10.3. The van der Waals surface area contributed by atoms with Crippen molar-refractivity contribution in [3.8, 4) is 6.07 Å². The second kappa shape index (κ2) is 10.2. The Morgan fingerprint density at radius 1 is 1.33 bits per heavy atom. The molecule has 0 heterocycles. The number of allylic oxidation sites excluding steroid dienone is 1. The van der Waals surface area contributed by atoms with E-state index in [-0.39, 0.29) is 0 Å². The van der Waals surface area contributed by atoms with E-state index in [1.807, 2.05) is 18.2 Å². The van der Waals surface area contributed by atoms with Gasteiger partial charge >= 0.3 is 0 Å². The van der Waals surface area contributed by atoms with Crippen LogP contribution in [-0.4, -0.2) is 13.2 Å². The van der Waals surface area contributed by atoms with Gasteiger partial charge in [-0.05, 0) is 6.42 Å². The van der Waals surface area contributed by atoms with Crippen molar-refractivity contribution in [1.82, 2.24) is 0 Å². The van der Waals surface area contributed by atoms with Gasteiger partial charge in [-0.15, -0.1) is 0 Å². The molecule has 0 aliphatic heterocycles. The Morgan fingerprint density at radius 2 is 2.17 bits per heavy atom. The highest BCUT2D eigenvalue weighted by molar-refractivity contribution is 4.90. The van der Waals surface area contributed by atoms with E-state index < -0.39 is 0 Å². The summed E-state index contributed by atoms with van der Waals surface area (Å²) < 4.78 is 5.29. The van der Waals surface area contributed by atoms with E-state index in [4.69, 9.17) is 10.00 Å². The van der Waals surface area contributed by atoms with Crippen LogP contribution in [0.25, 0.3) is 0 Å². The highest BCUT2D eigenvalue weighted by atomic mass is 16.5.